The molecule has 2 aromatic carbocycles. The topological polar surface area (TPSA) is 54.5 Å². The molecular weight excluding hydrogens is 426 g/mol. The molecule has 5 nitrogen and oxygen atoms in total. The van der Waals surface area contributed by atoms with Gasteiger partial charge in [0.1, 0.15) is 5.75 Å². The molecule has 29 heavy (non-hydrogen) atoms. The van der Waals surface area contributed by atoms with Crippen LogP contribution in [0.1, 0.15) is 16.1 Å². The van der Waals surface area contributed by atoms with Crippen LogP contribution < -0.4 is 10.1 Å². The lowest BCUT2D eigenvalue weighted by Crippen LogP contribution is -2.26. The van der Waals surface area contributed by atoms with Crippen LogP contribution in [0.4, 0.5) is 10.8 Å². The van der Waals surface area contributed by atoms with Crippen LogP contribution in [0.5, 0.6) is 5.75 Å². The maximum absolute atomic E-state index is 12.8. The highest BCUT2D eigenvalue weighted by molar-refractivity contribution is 8.03. The van der Waals surface area contributed by atoms with Gasteiger partial charge in [-0.05, 0) is 54.6 Å². The van der Waals surface area contributed by atoms with E-state index in [1.165, 1.54) is 11.3 Å². The van der Waals surface area contributed by atoms with Crippen LogP contribution >= 0.6 is 34.7 Å². The highest BCUT2D eigenvalue weighted by Crippen LogP contribution is 2.32. The van der Waals surface area contributed by atoms with Crippen molar-refractivity contribution in [3.05, 3.63) is 75.2 Å². The maximum Gasteiger partial charge on any atom is 0.258 e. The first-order valence-electron chi connectivity index (χ1n) is 8.91. The fraction of sp³-hybridized carbons (Fsp3) is 0.143. The molecule has 0 unspecified atom stereocenters. The number of nitrogens with one attached hydrogen (secondary N) is 1. The predicted octanol–water partition coefficient (Wildman–Crippen LogP) is 5.74. The van der Waals surface area contributed by atoms with Crippen LogP contribution in [0.25, 0.3) is 6.08 Å². The summed E-state index contributed by atoms with van der Waals surface area (Å²) in [5, 5.41) is 7.58. The molecule has 1 aromatic heterocycles. The van der Waals surface area contributed by atoms with E-state index in [9.17, 15) is 4.79 Å². The van der Waals surface area contributed by atoms with Gasteiger partial charge in [0.25, 0.3) is 5.91 Å². The Bertz CT molecular complexity index is 1030. The molecule has 1 amide bonds. The quantitative estimate of drug-likeness (QED) is 0.545. The van der Waals surface area contributed by atoms with Crippen LogP contribution in [0.3, 0.4) is 0 Å². The number of ether oxygens (including phenoxy) is 1. The van der Waals surface area contributed by atoms with Crippen molar-refractivity contribution >= 4 is 57.5 Å². The molecule has 0 aliphatic carbocycles. The van der Waals surface area contributed by atoms with Gasteiger partial charge in [0.15, 0.2) is 5.13 Å². The Balaban J connectivity index is 1.48. The molecule has 2 heterocycles. The fourth-order valence-electron chi connectivity index (χ4n) is 2.83. The van der Waals surface area contributed by atoms with E-state index in [1.807, 2.05) is 35.7 Å². The maximum atomic E-state index is 12.8. The summed E-state index contributed by atoms with van der Waals surface area (Å²) in [6, 6.07) is 14.7. The normalized spacial score (nSPS) is 15.0. The van der Waals surface area contributed by atoms with Crippen molar-refractivity contribution in [3.8, 4) is 5.75 Å². The van der Waals surface area contributed by atoms with Crippen LogP contribution in [0, 0.1) is 0 Å². The third-order valence-corrected chi connectivity index (χ3v) is 6.35. The Hall–Kier alpha value is -2.48. The minimum absolute atomic E-state index is 0.0234. The summed E-state index contributed by atoms with van der Waals surface area (Å²) in [5.74, 6) is 1.65. The highest BCUT2D eigenvalue weighted by Gasteiger charge is 2.25. The number of carbonyl (C=O) groups excluding carboxylic acids is 1. The van der Waals surface area contributed by atoms with Gasteiger partial charge in [0.05, 0.1) is 17.8 Å². The minimum Gasteiger partial charge on any atom is -0.497 e. The predicted molar refractivity (Wildman–Crippen MR) is 121 cm³/mol. The zero-order valence-corrected chi connectivity index (χ0v) is 18.0. The molecule has 0 radical (unpaired) electrons. The van der Waals surface area contributed by atoms with Crippen molar-refractivity contribution in [1.29, 1.82) is 0 Å². The van der Waals surface area contributed by atoms with Gasteiger partial charge in [-0.15, -0.1) is 23.1 Å². The second kappa shape index (κ2) is 8.90. The van der Waals surface area contributed by atoms with Crippen LogP contribution in [0.2, 0.25) is 5.02 Å². The number of thiazole rings is 1. The molecular formula is C21H18ClN3O2S2. The molecule has 1 N–H and O–H groups in total. The lowest BCUT2D eigenvalue weighted by molar-refractivity contribution is 0.0831. The number of hydrogen-bond acceptors (Lipinski definition) is 6. The Morgan fingerprint density at radius 2 is 1.97 bits per heavy atom. The third-order valence-electron chi connectivity index (χ3n) is 4.30. The number of halogens is 1. The summed E-state index contributed by atoms with van der Waals surface area (Å²) in [6.07, 6.45) is 1.96. The molecule has 148 valence electrons. The monoisotopic (exact) mass is 443 g/mol. The van der Waals surface area contributed by atoms with Crippen molar-refractivity contribution in [2.45, 2.75) is 0 Å². The van der Waals surface area contributed by atoms with E-state index >= 15 is 0 Å². The van der Waals surface area contributed by atoms with Gasteiger partial charge in [0.2, 0.25) is 0 Å². The van der Waals surface area contributed by atoms with Crippen LogP contribution in [-0.2, 0) is 0 Å². The molecule has 8 heteroatoms. The van der Waals surface area contributed by atoms with Gasteiger partial charge < -0.3 is 15.0 Å². The number of anilines is 2. The Kier molecular flexibility index (Phi) is 6.08. The molecule has 1 aliphatic rings. The fourth-order valence-corrected chi connectivity index (χ4v) is 4.66. The van der Waals surface area contributed by atoms with E-state index in [0.717, 1.165) is 33.0 Å². The van der Waals surface area contributed by atoms with E-state index < -0.39 is 0 Å². The van der Waals surface area contributed by atoms with Gasteiger partial charge in [-0.25, -0.2) is 4.98 Å². The largest absolute Gasteiger partial charge is 0.497 e. The average molecular weight is 444 g/mol. The standard InChI is InChI=1S/C21H18ClN3O2S2/c1-27-18-8-6-16(7-9-18)23-21-24-17(13-29-21)12-19-25(10-11-28-19)20(26)14-2-4-15(22)5-3-14/h2-9,12-13H,10-11H2,1H3,(H,23,24)/b19-12+. The molecule has 0 atom stereocenters. The van der Waals surface area contributed by atoms with Gasteiger partial charge in [-0.2, -0.15) is 0 Å². The molecule has 0 saturated carbocycles. The molecule has 0 bridgehead atoms. The molecule has 0 spiro atoms. The van der Waals surface area contributed by atoms with E-state index in [-0.39, 0.29) is 5.91 Å². The van der Waals surface area contributed by atoms with Crippen molar-refractivity contribution in [2.75, 3.05) is 24.7 Å². The van der Waals surface area contributed by atoms with E-state index in [0.29, 0.717) is 17.1 Å². The number of methoxy groups -OCH3 is 1. The number of benzene rings is 2. The van der Waals surface area contributed by atoms with Crippen molar-refractivity contribution < 1.29 is 9.53 Å². The molecule has 4 rings (SSSR count). The van der Waals surface area contributed by atoms with Crippen molar-refractivity contribution in [1.82, 2.24) is 9.88 Å². The van der Waals surface area contributed by atoms with Crippen molar-refractivity contribution in [3.63, 3.8) is 0 Å². The zero-order chi connectivity index (χ0) is 20.2. The first-order valence-corrected chi connectivity index (χ1v) is 11.2. The van der Waals surface area contributed by atoms with Gasteiger partial charge in [-0.3, -0.25) is 4.79 Å². The van der Waals surface area contributed by atoms with Gasteiger partial charge in [0, 0.05) is 34.0 Å². The van der Waals surface area contributed by atoms with Crippen LogP contribution in [-0.4, -0.2) is 35.2 Å². The minimum atomic E-state index is -0.0234. The molecule has 1 aliphatic heterocycles. The first kappa shape index (κ1) is 19.8. The zero-order valence-electron chi connectivity index (χ0n) is 15.6. The summed E-state index contributed by atoms with van der Waals surface area (Å²) in [5.41, 5.74) is 2.39. The lowest BCUT2D eigenvalue weighted by Gasteiger charge is -2.16. The summed E-state index contributed by atoms with van der Waals surface area (Å²) in [4.78, 5) is 19.3. The second-order valence-corrected chi connectivity index (χ2v) is 8.64. The van der Waals surface area contributed by atoms with Crippen molar-refractivity contribution in [2.24, 2.45) is 0 Å². The number of carbonyl (C=O) groups is 1. The first-order chi connectivity index (χ1) is 14.1. The van der Waals surface area contributed by atoms with E-state index in [2.05, 4.69) is 10.3 Å². The molecule has 1 fully saturated rings. The Morgan fingerprint density at radius 1 is 1.21 bits per heavy atom. The summed E-state index contributed by atoms with van der Waals surface area (Å²) >= 11 is 9.11. The Morgan fingerprint density at radius 3 is 2.69 bits per heavy atom. The van der Waals surface area contributed by atoms with E-state index in [4.69, 9.17) is 16.3 Å². The summed E-state index contributed by atoms with van der Waals surface area (Å²) in [6.45, 7) is 0.680. The van der Waals surface area contributed by atoms with Gasteiger partial charge in [-0.1, -0.05) is 11.6 Å². The number of thioether (sulfide) groups is 1. The highest BCUT2D eigenvalue weighted by atomic mass is 35.5. The molecule has 3 aromatic rings. The average Bonchev–Trinajstić information content (AvgIpc) is 3.38. The number of amides is 1. The SMILES string of the molecule is COc1ccc(Nc2nc(/C=C3/SCCN3C(=O)c3ccc(Cl)cc3)cs2)cc1. The summed E-state index contributed by atoms with van der Waals surface area (Å²) < 4.78 is 5.18. The van der Waals surface area contributed by atoms with Crippen LogP contribution in [0.15, 0.2) is 58.9 Å². The molecule has 1 saturated heterocycles. The number of hydrogen-bond donors (Lipinski definition) is 1. The smallest absolute Gasteiger partial charge is 0.258 e. The lowest BCUT2D eigenvalue weighted by atomic mass is 10.2. The third kappa shape index (κ3) is 4.75. The van der Waals surface area contributed by atoms with Gasteiger partial charge >= 0.3 is 0 Å². The number of aromatic nitrogens is 1. The Labute approximate surface area is 182 Å². The van der Waals surface area contributed by atoms with E-state index in [1.54, 1.807) is 48.0 Å². The summed E-state index contributed by atoms with van der Waals surface area (Å²) in [7, 11) is 1.64. The number of rotatable bonds is 5. The second-order valence-electron chi connectivity index (χ2n) is 6.23. The number of nitrogens with zero attached hydrogens (tertiary/aromatic N) is 2.